The average molecular weight is 257 g/mol. The molecule has 19 heavy (non-hydrogen) atoms. The van der Waals surface area contributed by atoms with Crippen LogP contribution in [0.2, 0.25) is 0 Å². The fraction of sp³-hybridized carbons (Fsp3) is 0.333. The van der Waals surface area contributed by atoms with Gasteiger partial charge in [0, 0.05) is 0 Å². The van der Waals surface area contributed by atoms with Crippen LogP contribution in [0.4, 0.5) is 4.39 Å². The van der Waals surface area contributed by atoms with E-state index in [0.717, 1.165) is 24.1 Å². The lowest BCUT2D eigenvalue weighted by Gasteiger charge is -2.08. The Balaban J connectivity index is 1.74. The summed E-state index contributed by atoms with van der Waals surface area (Å²) in [7, 11) is 0. The largest absolute Gasteiger partial charge is 0.247 e. The Morgan fingerprint density at radius 3 is 2.74 bits per heavy atom. The second-order valence-corrected chi connectivity index (χ2v) is 4.90. The van der Waals surface area contributed by atoms with Gasteiger partial charge >= 0.3 is 0 Å². The van der Waals surface area contributed by atoms with E-state index in [9.17, 15) is 4.39 Å². The van der Waals surface area contributed by atoms with E-state index in [2.05, 4.69) is 16.4 Å². The zero-order valence-corrected chi connectivity index (χ0v) is 10.7. The number of benzene rings is 1. The number of allylic oxidation sites excluding steroid dienone is 2. The Morgan fingerprint density at radius 1 is 1.16 bits per heavy atom. The summed E-state index contributed by atoms with van der Waals surface area (Å²) in [6, 6.07) is 6.49. The number of rotatable bonds is 3. The van der Waals surface area contributed by atoms with Crippen LogP contribution in [0.1, 0.15) is 36.9 Å². The van der Waals surface area contributed by atoms with E-state index in [1.165, 1.54) is 30.5 Å². The number of hydrogen-bond donors (Lipinski definition) is 0. The summed E-state index contributed by atoms with van der Waals surface area (Å²) < 4.78 is 14.6. The molecule has 0 radical (unpaired) electrons. The van der Waals surface area contributed by atoms with Crippen LogP contribution in [0, 0.1) is 5.82 Å². The van der Waals surface area contributed by atoms with Crippen LogP contribution in [0.15, 0.2) is 36.5 Å². The highest BCUT2D eigenvalue weighted by atomic mass is 19.1. The molecule has 2 aromatic rings. The maximum atomic E-state index is 12.8. The summed E-state index contributed by atoms with van der Waals surface area (Å²) in [4.78, 5) is 0. The first-order valence-corrected chi connectivity index (χ1v) is 6.65. The monoisotopic (exact) mass is 257 g/mol. The first kappa shape index (κ1) is 12.1. The minimum Gasteiger partial charge on any atom is -0.247 e. The van der Waals surface area contributed by atoms with Crippen LogP contribution >= 0.6 is 0 Å². The summed E-state index contributed by atoms with van der Waals surface area (Å²) in [5.74, 6) is -0.213. The Hall–Kier alpha value is -1.97. The van der Waals surface area contributed by atoms with Crippen LogP contribution in [0.5, 0.6) is 0 Å². The fourth-order valence-electron chi connectivity index (χ4n) is 2.37. The molecule has 1 aromatic carbocycles. The molecule has 0 saturated heterocycles. The van der Waals surface area contributed by atoms with Gasteiger partial charge < -0.3 is 0 Å². The maximum Gasteiger partial charge on any atom is 0.123 e. The summed E-state index contributed by atoms with van der Waals surface area (Å²) >= 11 is 0. The first-order chi connectivity index (χ1) is 9.31. The van der Waals surface area contributed by atoms with Crippen molar-refractivity contribution >= 4 is 5.57 Å². The molecular weight excluding hydrogens is 241 g/mol. The highest BCUT2D eigenvalue weighted by molar-refractivity contribution is 5.62. The molecule has 98 valence electrons. The van der Waals surface area contributed by atoms with Gasteiger partial charge in [0.15, 0.2) is 0 Å². The summed E-state index contributed by atoms with van der Waals surface area (Å²) in [5.41, 5.74) is 3.30. The van der Waals surface area contributed by atoms with Gasteiger partial charge in [-0.25, -0.2) is 9.07 Å². The topological polar surface area (TPSA) is 30.7 Å². The van der Waals surface area contributed by atoms with Crippen molar-refractivity contribution in [2.24, 2.45) is 0 Å². The molecule has 1 aromatic heterocycles. The summed E-state index contributed by atoms with van der Waals surface area (Å²) in [6.45, 7) is 0.626. The van der Waals surface area contributed by atoms with Crippen molar-refractivity contribution < 1.29 is 4.39 Å². The molecular formula is C15H16FN3. The molecule has 0 atom stereocenters. The van der Waals surface area contributed by atoms with E-state index in [-0.39, 0.29) is 5.82 Å². The van der Waals surface area contributed by atoms with Gasteiger partial charge in [-0.1, -0.05) is 23.4 Å². The zero-order chi connectivity index (χ0) is 13.1. The number of halogens is 1. The minimum absolute atomic E-state index is 0.213. The van der Waals surface area contributed by atoms with E-state index in [1.807, 2.05) is 6.20 Å². The van der Waals surface area contributed by atoms with E-state index < -0.39 is 0 Å². The molecule has 0 fully saturated rings. The summed E-state index contributed by atoms with van der Waals surface area (Å²) in [5, 5.41) is 8.37. The predicted molar refractivity (Wildman–Crippen MR) is 72.0 cm³/mol. The molecule has 0 saturated carbocycles. The van der Waals surface area contributed by atoms with E-state index >= 15 is 0 Å². The van der Waals surface area contributed by atoms with Crippen LogP contribution in [-0.4, -0.2) is 15.0 Å². The van der Waals surface area contributed by atoms with Crippen molar-refractivity contribution in [3.63, 3.8) is 0 Å². The van der Waals surface area contributed by atoms with Gasteiger partial charge in [-0.05, 0) is 49.0 Å². The lowest BCUT2D eigenvalue weighted by Crippen LogP contribution is -2.00. The Bertz CT molecular complexity index is 584. The van der Waals surface area contributed by atoms with Crippen LogP contribution in [0.3, 0.4) is 0 Å². The Labute approximate surface area is 111 Å². The van der Waals surface area contributed by atoms with Gasteiger partial charge in [0.2, 0.25) is 0 Å². The molecule has 4 heteroatoms. The fourth-order valence-corrected chi connectivity index (χ4v) is 2.37. The Kier molecular flexibility index (Phi) is 3.40. The SMILES string of the molecule is Fc1ccc(Cn2cc(C3=CCCCC3)nn2)cc1. The number of aromatic nitrogens is 3. The molecule has 1 heterocycles. The average Bonchev–Trinajstić information content (AvgIpc) is 2.91. The third-order valence-corrected chi connectivity index (χ3v) is 3.42. The zero-order valence-electron chi connectivity index (χ0n) is 10.7. The molecule has 0 N–H and O–H groups in total. The van der Waals surface area contributed by atoms with Gasteiger partial charge in [0.25, 0.3) is 0 Å². The standard InChI is InChI=1S/C15H16FN3/c16-14-8-6-12(7-9-14)10-19-11-15(17-18-19)13-4-2-1-3-5-13/h4,6-9,11H,1-3,5,10H2. The maximum absolute atomic E-state index is 12.8. The molecule has 1 aliphatic carbocycles. The minimum atomic E-state index is -0.213. The van der Waals surface area contributed by atoms with Gasteiger partial charge in [0.05, 0.1) is 12.7 Å². The third-order valence-electron chi connectivity index (χ3n) is 3.42. The highest BCUT2D eigenvalue weighted by Crippen LogP contribution is 2.24. The normalized spacial score (nSPS) is 15.3. The lowest BCUT2D eigenvalue weighted by atomic mass is 9.98. The second kappa shape index (κ2) is 5.34. The van der Waals surface area contributed by atoms with E-state index in [0.29, 0.717) is 6.54 Å². The van der Waals surface area contributed by atoms with Crippen LogP contribution < -0.4 is 0 Å². The summed E-state index contributed by atoms with van der Waals surface area (Å²) in [6.07, 6.45) is 8.97. The molecule has 0 bridgehead atoms. The second-order valence-electron chi connectivity index (χ2n) is 4.90. The van der Waals surface area contributed by atoms with E-state index in [4.69, 9.17) is 0 Å². The molecule has 1 aliphatic rings. The first-order valence-electron chi connectivity index (χ1n) is 6.65. The van der Waals surface area contributed by atoms with Crippen molar-refractivity contribution in [2.45, 2.75) is 32.2 Å². The van der Waals surface area contributed by atoms with Crippen molar-refractivity contribution in [3.8, 4) is 0 Å². The van der Waals surface area contributed by atoms with Gasteiger partial charge in [-0.3, -0.25) is 0 Å². The van der Waals surface area contributed by atoms with Gasteiger partial charge in [-0.2, -0.15) is 0 Å². The number of hydrogen-bond acceptors (Lipinski definition) is 2. The van der Waals surface area contributed by atoms with Crippen LogP contribution in [-0.2, 0) is 6.54 Å². The number of nitrogens with zero attached hydrogens (tertiary/aromatic N) is 3. The molecule has 3 rings (SSSR count). The van der Waals surface area contributed by atoms with E-state index in [1.54, 1.807) is 16.8 Å². The van der Waals surface area contributed by atoms with Crippen molar-refractivity contribution in [1.82, 2.24) is 15.0 Å². The van der Waals surface area contributed by atoms with Crippen molar-refractivity contribution in [2.75, 3.05) is 0 Å². The third kappa shape index (κ3) is 2.89. The smallest absolute Gasteiger partial charge is 0.123 e. The molecule has 0 spiro atoms. The van der Waals surface area contributed by atoms with Crippen molar-refractivity contribution in [3.05, 3.63) is 53.6 Å². The molecule has 3 nitrogen and oxygen atoms in total. The highest BCUT2D eigenvalue weighted by Gasteiger charge is 2.10. The molecule has 0 unspecified atom stereocenters. The predicted octanol–water partition coefficient (Wildman–Crippen LogP) is 3.42. The van der Waals surface area contributed by atoms with Crippen LogP contribution in [0.25, 0.3) is 5.57 Å². The molecule has 0 amide bonds. The quantitative estimate of drug-likeness (QED) is 0.843. The lowest BCUT2D eigenvalue weighted by molar-refractivity contribution is 0.621. The van der Waals surface area contributed by atoms with Gasteiger partial charge in [0.1, 0.15) is 11.5 Å². The van der Waals surface area contributed by atoms with Crippen molar-refractivity contribution in [1.29, 1.82) is 0 Å². The van der Waals surface area contributed by atoms with Gasteiger partial charge in [-0.15, -0.1) is 5.10 Å². The molecule has 0 aliphatic heterocycles. The Morgan fingerprint density at radius 2 is 2.00 bits per heavy atom.